The fourth-order valence-electron chi connectivity index (χ4n) is 3.74. The van der Waals surface area contributed by atoms with Gasteiger partial charge in [0, 0.05) is 0 Å². The molecule has 1 unspecified atom stereocenters. The van der Waals surface area contributed by atoms with E-state index in [1.807, 2.05) is 0 Å². The van der Waals surface area contributed by atoms with Gasteiger partial charge in [0.1, 0.15) is 34.5 Å². The van der Waals surface area contributed by atoms with Crippen LogP contribution in [0, 0.1) is 0 Å². The normalized spacial score (nSPS) is 10.7. The molecule has 52 heavy (non-hydrogen) atoms. The van der Waals surface area contributed by atoms with E-state index in [1.54, 1.807) is 182 Å². The Morgan fingerprint density at radius 2 is 0.385 bits per heavy atom. The molecule has 12 nitrogen and oxygen atoms in total. The predicted octanol–water partition coefficient (Wildman–Crippen LogP) is 9.79. The predicted molar refractivity (Wildman–Crippen MR) is 203 cm³/mol. The first-order chi connectivity index (χ1) is 24.5. The first-order valence-electron chi connectivity index (χ1n) is 14.9. The average molecular weight is 785 g/mol. The zero-order valence-corrected chi connectivity index (χ0v) is 31.5. The summed E-state index contributed by atoms with van der Waals surface area (Å²) in [5, 5.41) is 0. The van der Waals surface area contributed by atoms with Crippen molar-refractivity contribution in [3.63, 3.8) is 0 Å². The summed E-state index contributed by atoms with van der Waals surface area (Å²) in [5.41, 5.74) is 0. The molecule has 1 atom stereocenters. The van der Waals surface area contributed by atoms with Crippen molar-refractivity contribution in [2.75, 3.05) is 0 Å². The number of phosphoric acid groups is 3. The molecular formula is C36H36O12P4. The van der Waals surface area contributed by atoms with Crippen molar-refractivity contribution in [3.05, 3.63) is 182 Å². The van der Waals surface area contributed by atoms with E-state index in [9.17, 15) is 28.4 Å². The first-order valence-corrected chi connectivity index (χ1v) is 19.4. The molecule has 0 radical (unpaired) electrons. The maximum absolute atomic E-state index is 11.7. The molecule has 16 heteroatoms. The molecule has 0 bridgehead atoms. The number of rotatable bonds is 12. The molecule has 0 aliphatic rings. The largest absolute Gasteiger partial charge is 0.584 e. The molecule has 6 aromatic rings. The van der Waals surface area contributed by atoms with Crippen molar-refractivity contribution in [2.45, 2.75) is 0 Å². The van der Waals surface area contributed by atoms with Crippen LogP contribution in [0.4, 0.5) is 0 Å². The molecule has 0 aliphatic heterocycles. The van der Waals surface area contributed by atoms with Crippen LogP contribution >= 0.6 is 33.4 Å². The van der Waals surface area contributed by atoms with Crippen molar-refractivity contribution >= 4 is 33.4 Å². The van der Waals surface area contributed by atoms with Crippen LogP contribution in [-0.2, 0) is 13.7 Å². The monoisotopic (exact) mass is 784 g/mol. The topological polar surface area (TPSA) is 167 Å². The summed E-state index contributed by atoms with van der Waals surface area (Å²) in [5.74, 6) is 1.72. The highest BCUT2D eigenvalue weighted by molar-refractivity contribution is 7.48. The maximum atomic E-state index is 11.7. The van der Waals surface area contributed by atoms with Crippen molar-refractivity contribution < 1.29 is 55.5 Å². The summed E-state index contributed by atoms with van der Waals surface area (Å²) in [7, 11) is -12.4. The second-order valence-corrected chi connectivity index (χ2v) is 13.7. The Balaban J connectivity index is 0.000000208. The van der Waals surface area contributed by atoms with Gasteiger partial charge in [-0.05, 0) is 72.8 Å². The third kappa shape index (κ3) is 16.4. The Morgan fingerprint density at radius 3 is 0.500 bits per heavy atom. The summed E-state index contributed by atoms with van der Waals surface area (Å²) >= 11 is 0. The summed E-state index contributed by atoms with van der Waals surface area (Å²) in [6.45, 7) is 0. The third-order valence-corrected chi connectivity index (χ3v) is 8.43. The molecule has 0 spiro atoms. The van der Waals surface area contributed by atoms with E-state index in [-0.39, 0.29) is 44.4 Å². The van der Waals surface area contributed by atoms with Gasteiger partial charge >= 0.3 is 23.5 Å². The Labute approximate surface area is 304 Å². The molecular weight excluding hydrogens is 748 g/mol. The van der Waals surface area contributed by atoms with Gasteiger partial charge in [0.25, 0.3) is 0 Å². The molecule has 3 N–H and O–H groups in total. The highest BCUT2D eigenvalue weighted by Gasteiger charge is 2.26. The van der Waals surface area contributed by atoms with Crippen LogP contribution in [0.2, 0.25) is 0 Å². The van der Waals surface area contributed by atoms with Gasteiger partial charge in [-0.3, -0.25) is 14.7 Å². The van der Waals surface area contributed by atoms with E-state index in [4.69, 9.17) is 27.1 Å². The SMILES string of the molecule is O=P(O)(Oc1ccccc1)Oc1ccccc1.O=P(O)(Oc1ccccc1)Oc1ccccc1.O=P(O)(Oc1ccccc1)Oc1ccccc1.P. The lowest BCUT2D eigenvalue weighted by molar-refractivity contribution is 0.289. The highest BCUT2D eigenvalue weighted by atomic mass is 31.2. The van der Waals surface area contributed by atoms with Crippen molar-refractivity contribution in [3.8, 4) is 34.5 Å². The Kier molecular flexibility index (Phi) is 16.6. The highest BCUT2D eigenvalue weighted by Crippen LogP contribution is 2.46. The Bertz CT molecular complexity index is 1640. The van der Waals surface area contributed by atoms with Gasteiger partial charge in [-0.15, -0.1) is 0 Å². The van der Waals surface area contributed by atoms with E-state index in [1.165, 1.54) is 0 Å². The quantitative estimate of drug-likeness (QED) is 0.101. The van der Waals surface area contributed by atoms with Gasteiger partial charge in [-0.25, -0.2) is 13.7 Å². The molecule has 0 saturated carbocycles. The number of hydrogen-bond acceptors (Lipinski definition) is 9. The second kappa shape index (κ2) is 20.8. The molecule has 0 aromatic heterocycles. The summed E-state index contributed by atoms with van der Waals surface area (Å²) in [6.07, 6.45) is 0. The van der Waals surface area contributed by atoms with Crippen LogP contribution < -0.4 is 27.1 Å². The summed E-state index contributed by atoms with van der Waals surface area (Å²) in [6, 6.07) is 50.2. The molecule has 272 valence electrons. The van der Waals surface area contributed by atoms with Crippen LogP contribution in [-0.4, -0.2) is 14.7 Å². The fraction of sp³-hybridized carbons (Fsp3) is 0. The molecule has 0 fully saturated rings. The van der Waals surface area contributed by atoms with E-state index >= 15 is 0 Å². The number of phosphoric ester groups is 3. The minimum absolute atomic E-state index is 0. The zero-order valence-electron chi connectivity index (χ0n) is 27.4. The van der Waals surface area contributed by atoms with Crippen LogP contribution in [0.15, 0.2) is 182 Å². The lowest BCUT2D eigenvalue weighted by atomic mass is 10.3. The minimum atomic E-state index is -4.14. The van der Waals surface area contributed by atoms with E-state index in [2.05, 4.69) is 0 Å². The Hall–Kier alpha value is -4.88. The molecule has 6 aromatic carbocycles. The first kappa shape index (κ1) is 41.5. The summed E-state index contributed by atoms with van der Waals surface area (Å²) in [4.78, 5) is 28.6. The molecule has 0 amide bonds. The molecule has 0 saturated heterocycles. The van der Waals surface area contributed by atoms with Gasteiger partial charge in [0.2, 0.25) is 0 Å². The van der Waals surface area contributed by atoms with Crippen molar-refractivity contribution in [1.29, 1.82) is 0 Å². The lowest BCUT2D eigenvalue weighted by Crippen LogP contribution is -1.99. The maximum Gasteiger partial charge on any atom is 0.584 e. The smallest absolute Gasteiger partial charge is 0.395 e. The van der Waals surface area contributed by atoms with Gasteiger partial charge < -0.3 is 27.1 Å². The van der Waals surface area contributed by atoms with Gasteiger partial charge in [0.15, 0.2) is 0 Å². The van der Waals surface area contributed by atoms with Crippen LogP contribution in [0.5, 0.6) is 34.5 Å². The molecule has 6 rings (SSSR count). The second-order valence-electron chi connectivity index (χ2n) is 9.83. The summed E-state index contributed by atoms with van der Waals surface area (Å²) < 4.78 is 64.4. The molecule has 0 aliphatic carbocycles. The van der Waals surface area contributed by atoms with E-state index in [0.717, 1.165) is 0 Å². The van der Waals surface area contributed by atoms with Crippen LogP contribution in [0.1, 0.15) is 0 Å². The fourth-order valence-corrected chi connectivity index (χ4v) is 6.18. The number of benzene rings is 6. The van der Waals surface area contributed by atoms with Crippen molar-refractivity contribution in [1.82, 2.24) is 0 Å². The van der Waals surface area contributed by atoms with Crippen LogP contribution in [0.25, 0.3) is 0 Å². The van der Waals surface area contributed by atoms with Gasteiger partial charge in [-0.2, -0.15) is 9.90 Å². The van der Waals surface area contributed by atoms with Crippen LogP contribution in [0.3, 0.4) is 0 Å². The van der Waals surface area contributed by atoms with Crippen molar-refractivity contribution in [2.24, 2.45) is 0 Å². The number of para-hydroxylation sites is 6. The third-order valence-electron chi connectivity index (χ3n) is 5.78. The van der Waals surface area contributed by atoms with Gasteiger partial charge in [-0.1, -0.05) is 109 Å². The molecule has 0 heterocycles. The standard InChI is InChI=1S/3C12H11O4P.H3P/c3*13-17(14,15-11-7-3-1-4-8-11)16-12-9-5-2-6-10-12;/h3*1-10H,(H,13,14);1H3. The van der Waals surface area contributed by atoms with Gasteiger partial charge in [0.05, 0.1) is 0 Å². The van der Waals surface area contributed by atoms with E-state index < -0.39 is 23.5 Å². The lowest BCUT2D eigenvalue weighted by Gasteiger charge is -2.13. The zero-order chi connectivity index (χ0) is 36.4. The van der Waals surface area contributed by atoms with E-state index in [0.29, 0.717) is 0 Å². The number of hydrogen-bond donors (Lipinski definition) is 3. The minimum Gasteiger partial charge on any atom is -0.395 e. The average Bonchev–Trinajstić information content (AvgIpc) is 3.10. The Morgan fingerprint density at radius 1 is 0.269 bits per heavy atom.